The summed E-state index contributed by atoms with van der Waals surface area (Å²) in [4.78, 5) is 20.1. The molecular formula is C21H23N3O4S. The van der Waals surface area contributed by atoms with Crippen molar-refractivity contribution in [2.24, 2.45) is 0 Å². The molecule has 1 unspecified atom stereocenters. The lowest BCUT2D eigenvalue weighted by Gasteiger charge is -2.21. The lowest BCUT2D eigenvalue weighted by Crippen LogP contribution is -2.28. The third-order valence-corrected chi connectivity index (χ3v) is 5.40. The van der Waals surface area contributed by atoms with Crippen molar-refractivity contribution in [1.82, 2.24) is 15.3 Å². The molecule has 0 saturated heterocycles. The van der Waals surface area contributed by atoms with Crippen LogP contribution in [0.5, 0.6) is 17.2 Å². The van der Waals surface area contributed by atoms with Gasteiger partial charge in [-0.2, -0.15) is 0 Å². The van der Waals surface area contributed by atoms with Gasteiger partial charge in [0, 0.05) is 6.07 Å². The Balaban J connectivity index is 1.34. The minimum Gasteiger partial charge on any atom is -0.494 e. The first-order valence-electron chi connectivity index (χ1n) is 9.56. The van der Waals surface area contributed by atoms with Crippen LogP contribution in [0.25, 0.3) is 11.0 Å². The van der Waals surface area contributed by atoms with E-state index in [1.165, 1.54) is 11.8 Å². The molecule has 0 saturated carbocycles. The van der Waals surface area contributed by atoms with Crippen molar-refractivity contribution >= 4 is 28.7 Å². The fourth-order valence-corrected chi connectivity index (χ4v) is 3.82. The Labute approximate surface area is 173 Å². The van der Waals surface area contributed by atoms with Gasteiger partial charge in [-0.3, -0.25) is 4.79 Å². The largest absolute Gasteiger partial charge is 0.494 e. The lowest BCUT2D eigenvalue weighted by atomic mass is 10.1. The monoisotopic (exact) mass is 413 g/mol. The van der Waals surface area contributed by atoms with Gasteiger partial charge in [0.2, 0.25) is 5.91 Å². The van der Waals surface area contributed by atoms with Crippen LogP contribution < -0.4 is 19.5 Å². The van der Waals surface area contributed by atoms with Crippen molar-refractivity contribution in [3.05, 3.63) is 42.0 Å². The number of imidazole rings is 1. The quantitative estimate of drug-likeness (QED) is 0.575. The average molecular weight is 413 g/mol. The van der Waals surface area contributed by atoms with Crippen LogP contribution in [-0.2, 0) is 4.79 Å². The van der Waals surface area contributed by atoms with E-state index in [4.69, 9.17) is 14.2 Å². The van der Waals surface area contributed by atoms with Gasteiger partial charge in [0.25, 0.3) is 0 Å². The summed E-state index contributed by atoms with van der Waals surface area (Å²) in [6.45, 7) is 5.61. The maximum absolute atomic E-state index is 12.4. The average Bonchev–Trinajstić information content (AvgIpc) is 3.14. The van der Waals surface area contributed by atoms with Crippen LogP contribution in [0.2, 0.25) is 0 Å². The summed E-state index contributed by atoms with van der Waals surface area (Å²) in [5.41, 5.74) is 2.71. The van der Waals surface area contributed by atoms with E-state index in [1.807, 2.05) is 50.2 Å². The molecule has 2 aromatic carbocycles. The molecule has 3 aromatic rings. The molecule has 0 fully saturated rings. The van der Waals surface area contributed by atoms with E-state index in [-0.39, 0.29) is 17.7 Å². The van der Waals surface area contributed by atoms with Gasteiger partial charge in [-0.1, -0.05) is 17.8 Å². The second-order valence-corrected chi connectivity index (χ2v) is 7.60. The molecule has 0 aliphatic carbocycles. The van der Waals surface area contributed by atoms with E-state index in [1.54, 1.807) is 0 Å². The second kappa shape index (κ2) is 8.65. The van der Waals surface area contributed by atoms with Crippen LogP contribution in [0.3, 0.4) is 0 Å². The van der Waals surface area contributed by atoms with E-state index in [0.717, 1.165) is 33.8 Å². The minimum atomic E-state index is -0.136. The number of carbonyl (C=O) groups excluding carboxylic acids is 1. The first-order valence-corrected chi connectivity index (χ1v) is 10.5. The SMILES string of the molecule is CCOc1ccc2nc(SCC(=O)NC(C)c3ccc4c(c3)OCCO4)[nH]c2c1. The predicted octanol–water partition coefficient (Wildman–Crippen LogP) is 3.70. The van der Waals surface area contributed by atoms with Crippen molar-refractivity contribution in [2.75, 3.05) is 25.6 Å². The van der Waals surface area contributed by atoms with Gasteiger partial charge in [-0.05, 0) is 43.7 Å². The highest BCUT2D eigenvalue weighted by atomic mass is 32.2. The van der Waals surface area contributed by atoms with Crippen LogP contribution in [0.15, 0.2) is 41.6 Å². The predicted molar refractivity (Wildman–Crippen MR) is 112 cm³/mol. The maximum Gasteiger partial charge on any atom is 0.230 e. The van der Waals surface area contributed by atoms with Gasteiger partial charge in [-0.25, -0.2) is 4.98 Å². The molecule has 29 heavy (non-hydrogen) atoms. The standard InChI is InChI=1S/C21H23N3O4S/c1-3-26-15-5-6-16-17(11-15)24-21(23-16)29-12-20(25)22-13(2)14-4-7-18-19(10-14)28-9-8-27-18/h4-7,10-11,13H,3,8-9,12H2,1-2H3,(H,22,25)(H,23,24). The Bertz CT molecular complexity index is 1020. The lowest BCUT2D eigenvalue weighted by molar-refractivity contribution is -0.119. The number of nitrogens with one attached hydrogen (secondary N) is 2. The number of amides is 1. The minimum absolute atomic E-state index is 0.0622. The van der Waals surface area contributed by atoms with Crippen LogP contribution in [-0.4, -0.2) is 41.4 Å². The van der Waals surface area contributed by atoms with E-state index in [0.29, 0.717) is 25.0 Å². The molecule has 1 aliphatic heterocycles. The third kappa shape index (κ3) is 4.59. The number of aromatic nitrogens is 2. The highest BCUT2D eigenvalue weighted by Crippen LogP contribution is 2.32. The molecule has 152 valence electrons. The topological polar surface area (TPSA) is 85.5 Å². The van der Waals surface area contributed by atoms with Crippen molar-refractivity contribution in [1.29, 1.82) is 0 Å². The van der Waals surface area contributed by atoms with Crippen molar-refractivity contribution in [3.8, 4) is 17.2 Å². The molecule has 1 amide bonds. The molecule has 2 N–H and O–H groups in total. The number of ether oxygens (including phenoxy) is 3. The number of thioether (sulfide) groups is 1. The first-order chi connectivity index (χ1) is 14.1. The summed E-state index contributed by atoms with van der Waals surface area (Å²) in [7, 11) is 0. The summed E-state index contributed by atoms with van der Waals surface area (Å²) in [6, 6.07) is 11.3. The van der Waals surface area contributed by atoms with Gasteiger partial charge in [0.1, 0.15) is 19.0 Å². The highest BCUT2D eigenvalue weighted by Gasteiger charge is 2.16. The zero-order valence-corrected chi connectivity index (χ0v) is 17.2. The maximum atomic E-state index is 12.4. The van der Waals surface area contributed by atoms with E-state index in [9.17, 15) is 4.79 Å². The number of rotatable bonds is 7. The Morgan fingerprint density at radius 3 is 2.90 bits per heavy atom. The fourth-order valence-electron chi connectivity index (χ4n) is 3.12. The molecule has 1 aromatic heterocycles. The van der Waals surface area contributed by atoms with Crippen LogP contribution in [0, 0.1) is 0 Å². The van der Waals surface area contributed by atoms with E-state index >= 15 is 0 Å². The molecule has 4 rings (SSSR count). The molecule has 0 spiro atoms. The fraction of sp³-hybridized carbons (Fsp3) is 0.333. The molecule has 2 heterocycles. The van der Waals surface area contributed by atoms with Crippen LogP contribution in [0.4, 0.5) is 0 Å². The molecule has 1 aliphatic rings. The Morgan fingerprint density at radius 2 is 2.07 bits per heavy atom. The van der Waals surface area contributed by atoms with Crippen LogP contribution in [0.1, 0.15) is 25.5 Å². The molecule has 0 radical (unpaired) electrons. The van der Waals surface area contributed by atoms with Crippen LogP contribution >= 0.6 is 11.8 Å². The number of hydrogen-bond donors (Lipinski definition) is 2. The molecule has 1 atom stereocenters. The summed E-state index contributed by atoms with van der Waals surface area (Å²) in [6.07, 6.45) is 0. The summed E-state index contributed by atoms with van der Waals surface area (Å²) in [5, 5.41) is 3.72. The first kappa shape index (κ1) is 19.4. The summed E-state index contributed by atoms with van der Waals surface area (Å²) in [5.74, 6) is 2.47. The van der Waals surface area contributed by atoms with Crippen molar-refractivity contribution in [3.63, 3.8) is 0 Å². The molecule has 8 heteroatoms. The Kier molecular flexibility index (Phi) is 5.80. The number of aromatic amines is 1. The number of fused-ring (bicyclic) bond motifs is 2. The Morgan fingerprint density at radius 1 is 1.24 bits per heavy atom. The highest BCUT2D eigenvalue weighted by molar-refractivity contribution is 7.99. The third-order valence-electron chi connectivity index (χ3n) is 4.53. The number of H-pyrrole nitrogens is 1. The molecule has 7 nitrogen and oxygen atoms in total. The number of carbonyl (C=O) groups is 1. The smallest absolute Gasteiger partial charge is 0.230 e. The second-order valence-electron chi connectivity index (χ2n) is 6.63. The summed E-state index contributed by atoms with van der Waals surface area (Å²) < 4.78 is 16.7. The number of benzene rings is 2. The van der Waals surface area contributed by atoms with Crippen molar-refractivity contribution < 1.29 is 19.0 Å². The zero-order chi connectivity index (χ0) is 20.2. The normalized spacial score (nSPS) is 13.9. The van der Waals surface area contributed by atoms with Gasteiger partial charge in [0.15, 0.2) is 16.7 Å². The van der Waals surface area contributed by atoms with Gasteiger partial charge >= 0.3 is 0 Å². The van der Waals surface area contributed by atoms with Gasteiger partial charge in [-0.15, -0.1) is 0 Å². The molecular weight excluding hydrogens is 390 g/mol. The zero-order valence-electron chi connectivity index (χ0n) is 16.4. The molecule has 0 bridgehead atoms. The number of hydrogen-bond acceptors (Lipinski definition) is 6. The Hall–Kier alpha value is -2.87. The van der Waals surface area contributed by atoms with Crippen molar-refractivity contribution in [2.45, 2.75) is 25.0 Å². The summed E-state index contributed by atoms with van der Waals surface area (Å²) >= 11 is 1.37. The van der Waals surface area contributed by atoms with E-state index in [2.05, 4.69) is 15.3 Å². The van der Waals surface area contributed by atoms with E-state index < -0.39 is 0 Å². The van der Waals surface area contributed by atoms with Gasteiger partial charge < -0.3 is 24.5 Å². The number of nitrogens with zero attached hydrogens (tertiary/aromatic N) is 1. The van der Waals surface area contributed by atoms with Gasteiger partial charge in [0.05, 0.1) is 29.4 Å².